The van der Waals surface area contributed by atoms with E-state index in [2.05, 4.69) is 83.9 Å². The number of benzene rings is 1. The Kier molecular flexibility index (Phi) is 5.89. The van der Waals surface area contributed by atoms with Crippen LogP contribution < -0.4 is 5.19 Å². The van der Waals surface area contributed by atoms with E-state index in [1.807, 2.05) is 0 Å². The lowest BCUT2D eigenvalue weighted by Crippen LogP contribution is -2.48. The fraction of sp³-hybridized carbons (Fsp3) is 0.619. The van der Waals surface area contributed by atoms with Gasteiger partial charge in [-0.2, -0.15) is 0 Å². The molecule has 1 fully saturated rings. The summed E-state index contributed by atoms with van der Waals surface area (Å²) in [5.74, 6) is 0.269. The van der Waals surface area contributed by atoms with E-state index in [9.17, 15) is 5.11 Å². The largest absolute Gasteiger partial charge is 0.413 e. The minimum absolute atomic E-state index is 0.110. The van der Waals surface area contributed by atoms with Gasteiger partial charge in [0.1, 0.15) is 0 Å². The topological polar surface area (TPSA) is 29.5 Å². The third kappa shape index (κ3) is 4.54. The zero-order valence-electron chi connectivity index (χ0n) is 17.1. The van der Waals surface area contributed by atoms with Crippen LogP contribution in [0.4, 0.5) is 0 Å². The van der Waals surface area contributed by atoms with Gasteiger partial charge in [0.15, 0.2) is 8.32 Å². The Balaban J connectivity index is 2.23. The monoisotopic (exact) mass is 376 g/mol. The van der Waals surface area contributed by atoms with Crippen LogP contribution in [0.3, 0.4) is 0 Å². The Morgan fingerprint density at radius 3 is 2.20 bits per heavy atom. The maximum atomic E-state index is 10.5. The zero-order chi connectivity index (χ0) is 19.0. The van der Waals surface area contributed by atoms with Gasteiger partial charge in [-0.1, -0.05) is 76.0 Å². The van der Waals surface area contributed by atoms with Crippen molar-refractivity contribution in [3.63, 3.8) is 0 Å². The lowest BCUT2D eigenvalue weighted by Gasteiger charge is -2.40. The molecule has 1 aromatic carbocycles. The van der Waals surface area contributed by atoms with Crippen molar-refractivity contribution >= 4 is 21.6 Å². The molecule has 0 aliphatic heterocycles. The van der Waals surface area contributed by atoms with Crippen LogP contribution >= 0.6 is 0 Å². The fourth-order valence-corrected chi connectivity index (χ4v) is 7.85. The van der Waals surface area contributed by atoms with E-state index in [1.165, 1.54) is 5.19 Å². The van der Waals surface area contributed by atoms with Crippen LogP contribution in [0.15, 0.2) is 42.5 Å². The first kappa shape index (κ1) is 20.6. The molecule has 0 radical (unpaired) electrons. The third-order valence-electron chi connectivity index (χ3n) is 6.35. The SMILES string of the molecule is C=C1C(C[Si](C)(C)c2ccccc2)C(O[Si](C)(C)C(C)(C)C)C[C@H]1O. The van der Waals surface area contributed by atoms with Crippen LogP contribution in [-0.2, 0) is 4.43 Å². The molecule has 0 bridgehead atoms. The van der Waals surface area contributed by atoms with E-state index >= 15 is 0 Å². The van der Waals surface area contributed by atoms with Crippen LogP contribution in [0, 0.1) is 5.92 Å². The average molecular weight is 377 g/mol. The van der Waals surface area contributed by atoms with Gasteiger partial charge in [-0.25, -0.2) is 0 Å². The molecule has 0 amide bonds. The standard InChI is InChI=1S/C21H36O2Si2/c1-16-18(15-24(5,6)17-12-10-9-11-13-17)20(14-19(16)22)23-25(7,8)21(2,3)4/h9-13,18-20,22H,1,14-15H2,2-8H3/t18?,19-,20?/m1/s1. The highest BCUT2D eigenvalue weighted by Gasteiger charge is 2.46. The molecule has 1 saturated carbocycles. The van der Waals surface area contributed by atoms with Gasteiger partial charge in [-0.05, 0) is 29.7 Å². The van der Waals surface area contributed by atoms with Gasteiger partial charge in [0.05, 0.1) is 20.3 Å². The van der Waals surface area contributed by atoms with Gasteiger partial charge in [-0.15, -0.1) is 0 Å². The summed E-state index contributed by atoms with van der Waals surface area (Å²) < 4.78 is 6.74. The Labute approximate surface area is 156 Å². The molecule has 2 nitrogen and oxygen atoms in total. The van der Waals surface area contributed by atoms with E-state index in [-0.39, 0.29) is 17.1 Å². The molecule has 0 aromatic heterocycles. The number of hydrogen-bond donors (Lipinski definition) is 1. The van der Waals surface area contributed by atoms with Crippen LogP contribution in [0.25, 0.3) is 0 Å². The first-order chi connectivity index (χ1) is 11.3. The van der Waals surface area contributed by atoms with E-state index in [4.69, 9.17) is 4.43 Å². The minimum Gasteiger partial charge on any atom is -0.413 e. The molecule has 0 heterocycles. The first-order valence-corrected chi connectivity index (χ1v) is 15.6. The molecular weight excluding hydrogens is 340 g/mol. The minimum atomic E-state index is -1.86. The molecule has 2 unspecified atom stereocenters. The van der Waals surface area contributed by atoms with E-state index in [1.54, 1.807) is 0 Å². The van der Waals surface area contributed by atoms with Crippen LogP contribution in [0.1, 0.15) is 27.2 Å². The zero-order valence-corrected chi connectivity index (χ0v) is 19.1. The van der Waals surface area contributed by atoms with Gasteiger partial charge in [-0.3, -0.25) is 0 Å². The lowest BCUT2D eigenvalue weighted by atomic mass is 10.0. The lowest BCUT2D eigenvalue weighted by molar-refractivity contribution is 0.130. The molecular formula is C21H36O2Si2. The smallest absolute Gasteiger partial charge is 0.192 e. The Morgan fingerprint density at radius 1 is 1.12 bits per heavy atom. The average Bonchev–Trinajstić information content (AvgIpc) is 2.74. The number of hydrogen-bond acceptors (Lipinski definition) is 2. The molecule has 2 rings (SSSR count). The van der Waals surface area contributed by atoms with Crippen molar-refractivity contribution in [3.05, 3.63) is 42.5 Å². The molecule has 1 aromatic rings. The number of rotatable bonds is 5. The molecule has 140 valence electrons. The third-order valence-corrected chi connectivity index (χ3v) is 14.2. The predicted molar refractivity (Wildman–Crippen MR) is 114 cm³/mol. The summed E-state index contributed by atoms with van der Waals surface area (Å²) in [6.45, 7) is 20.5. The van der Waals surface area contributed by atoms with Gasteiger partial charge in [0, 0.05) is 12.3 Å². The summed E-state index contributed by atoms with van der Waals surface area (Å²) in [7, 11) is -3.48. The highest BCUT2D eigenvalue weighted by molar-refractivity contribution is 6.89. The van der Waals surface area contributed by atoms with Crippen LogP contribution in [-0.4, -0.2) is 33.7 Å². The summed E-state index contributed by atoms with van der Waals surface area (Å²) in [6.07, 6.45) is 0.397. The van der Waals surface area contributed by atoms with Crippen LogP contribution in [0.2, 0.25) is 37.3 Å². The molecule has 0 spiro atoms. The summed E-state index contributed by atoms with van der Waals surface area (Å²) in [5.41, 5.74) is 0.986. The van der Waals surface area contributed by atoms with Crippen molar-refractivity contribution in [2.45, 2.75) is 76.7 Å². The fourth-order valence-electron chi connectivity index (χ4n) is 3.53. The van der Waals surface area contributed by atoms with Crippen LogP contribution in [0.5, 0.6) is 0 Å². The van der Waals surface area contributed by atoms with E-state index < -0.39 is 22.5 Å². The van der Waals surface area contributed by atoms with Crippen molar-refractivity contribution in [3.8, 4) is 0 Å². The number of aliphatic hydroxyl groups excluding tert-OH is 1. The Bertz CT molecular complexity index is 602. The van der Waals surface area contributed by atoms with Crippen molar-refractivity contribution < 1.29 is 9.53 Å². The predicted octanol–water partition coefficient (Wildman–Crippen LogP) is 4.93. The van der Waals surface area contributed by atoms with Crippen molar-refractivity contribution in [2.24, 2.45) is 5.92 Å². The maximum Gasteiger partial charge on any atom is 0.192 e. The molecule has 25 heavy (non-hydrogen) atoms. The quantitative estimate of drug-likeness (QED) is 0.583. The first-order valence-electron chi connectivity index (χ1n) is 9.45. The molecule has 1 aliphatic rings. The summed E-state index contributed by atoms with van der Waals surface area (Å²) in [5, 5.41) is 12.1. The normalized spacial score (nSPS) is 25.4. The molecule has 1 aliphatic carbocycles. The molecule has 4 heteroatoms. The van der Waals surface area contributed by atoms with Gasteiger partial charge in [0.25, 0.3) is 0 Å². The second-order valence-corrected chi connectivity index (χ2v) is 19.3. The van der Waals surface area contributed by atoms with Crippen molar-refractivity contribution in [1.82, 2.24) is 0 Å². The van der Waals surface area contributed by atoms with Gasteiger partial charge < -0.3 is 9.53 Å². The maximum absolute atomic E-state index is 10.5. The second kappa shape index (κ2) is 7.14. The molecule has 0 saturated heterocycles. The van der Waals surface area contributed by atoms with E-state index in [0.29, 0.717) is 6.42 Å². The molecule has 1 N–H and O–H groups in total. The van der Waals surface area contributed by atoms with Crippen molar-refractivity contribution in [1.29, 1.82) is 0 Å². The van der Waals surface area contributed by atoms with Crippen molar-refractivity contribution in [2.75, 3.05) is 0 Å². The highest BCUT2D eigenvalue weighted by Crippen LogP contribution is 2.44. The Hall–Kier alpha value is -0.686. The van der Waals surface area contributed by atoms with Gasteiger partial charge in [0.2, 0.25) is 0 Å². The summed E-state index contributed by atoms with van der Waals surface area (Å²) >= 11 is 0. The summed E-state index contributed by atoms with van der Waals surface area (Å²) in [4.78, 5) is 0. The Morgan fingerprint density at radius 2 is 1.68 bits per heavy atom. The highest BCUT2D eigenvalue weighted by atomic mass is 28.4. The second-order valence-electron chi connectivity index (χ2n) is 9.80. The summed E-state index contributed by atoms with van der Waals surface area (Å²) in [6, 6.07) is 11.9. The number of aliphatic hydroxyl groups is 1. The molecule has 3 atom stereocenters. The van der Waals surface area contributed by atoms with Gasteiger partial charge >= 0.3 is 0 Å². The van der Waals surface area contributed by atoms with E-state index in [0.717, 1.165) is 11.6 Å².